The molecule has 0 aliphatic rings. The third-order valence-corrected chi connectivity index (χ3v) is 10.3. The molecular weight excluding hydrogens is 623 g/mol. The molecule has 0 fully saturated rings. The van der Waals surface area contributed by atoms with Crippen molar-refractivity contribution < 1.29 is 26.4 Å². The summed E-state index contributed by atoms with van der Waals surface area (Å²) in [5, 5.41) is 2.68. The summed E-state index contributed by atoms with van der Waals surface area (Å²) in [6.45, 7) is 4.95. The van der Waals surface area contributed by atoms with Gasteiger partial charge in [-0.2, -0.15) is 0 Å². The molecule has 0 bridgehead atoms. The zero-order valence-electron chi connectivity index (χ0n) is 25.5. The second kappa shape index (κ2) is 13.5. The molecule has 0 aromatic heterocycles. The maximum Gasteiger partial charge on any atom is 0.264 e. The second-order valence-corrected chi connectivity index (χ2v) is 14.2. The number of hydrogen-bond acceptors (Lipinski definition) is 6. The van der Waals surface area contributed by atoms with Crippen molar-refractivity contribution >= 4 is 43.0 Å². The van der Waals surface area contributed by atoms with E-state index in [1.54, 1.807) is 48.5 Å². The van der Waals surface area contributed by atoms with Gasteiger partial charge in [0.25, 0.3) is 20.0 Å². The van der Waals surface area contributed by atoms with Crippen LogP contribution in [0.25, 0.3) is 0 Å². The molecule has 0 spiro atoms. The fourth-order valence-electron chi connectivity index (χ4n) is 4.67. The molecule has 0 unspecified atom stereocenters. The average molecular weight is 656 g/mol. The van der Waals surface area contributed by atoms with Gasteiger partial charge in [0.2, 0.25) is 5.91 Å². The number of carbonyl (C=O) groups excluding carboxylic acids is 1. The van der Waals surface area contributed by atoms with E-state index in [-0.39, 0.29) is 15.5 Å². The van der Waals surface area contributed by atoms with Crippen molar-refractivity contribution in [3.8, 4) is 11.5 Å². The highest BCUT2D eigenvalue weighted by Gasteiger charge is 2.27. The SMILES string of the molecule is Cc1ccc(S(=O)(=O)N(CC(=O)Nc2ccc(S(=O)(=O)Nc3c(C)cccc3C)cc2)c2ccc(Oc3ccccc3)cc2)cc1. The van der Waals surface area contributed by atoms with Crippen molar-refractivity contribution in [1.82, 2.24) is 0 Å². The van der Waals surface area contributed by atoms with Gasteiger partial charge in [-0.3, -0.25) is 13.8 Å². The van der Waals surface area contributed by atoms with Gasteiger partial charge in [-0.25, -0.2) is 16.8 Å². The Labute approximate surface area is 269 Å². The summed E-state index contributed by atoms with van der Waals surface area (Å²) in [6, 6.07) is 33.0. The Balaban J connectivity index is 1.35. The lowest BCUT2D eigenvalue weighted by Crippen LogP contribution is -2.38. The molecule has 0 atom stereocenters. The number of nitrogens with zero attached hydrogens (tertiary/aromatic N) is 1. The Hall–Kier alpha value is -5.13. The second-order valence-electron chi connectivity index (χ2n) is 10.7. The molecule has 0 saturated carbocycles. The number of benzene rings is 5. The smallest absolute Gasteiger partial charge is 0.264 e. The molecule has 1 amide bonds. The Morgan fingerprint density at radius 1 is 0.652 bits per heavy atom. The Morgan fingerprint density at radius 2 is 1.22 bits per heavy atom. The van der Waals surface area contributed by atoms with Gasteiger partial charge in [-0.1, -0.05) is 54.1 Å². The maximum atomic E-state index is 13.8. The van der Waals surface area contributed by atoms with E-state index in [1.807, 2.05) is 57.2 Å². The van der Waals surface area contributed by atoms with Crippen molar-refractivity contribution in [3.05, 3.63) is 138 Å². The molecule has 236 valence electrons. The van der Waals surface area contributed by atoms with Crippen molar-refractivity contribution in [3.63, 3.8) is 0 Å². The van der Waals surface area contributed by atoms with Gasteiger partial charge in [0.1, 0.15) is 18.0 Å². The number of anilines is 3. The van der Waals surface area contributed by atoms with Gasteiger partial charge in [0, 0.05) is 5.69 Å². The van der Waals surface area contributed by atoms with Crippen molar-refractivity contribution in [1.29, 1.82) is 0 Å². The number of aryl methyl sites for hydroxylation is 3. The first kappa shape index (κ1) is 32.3. The molecule has 0 heterocycles. The molecule has 0 saturated heterocycles. The first-order valence-corrected chi connectivity index (χ1v) is 17.3. The first-order chi connectivity index (χ1) is 21.9. The van der Waals surface area contributed by atoms with Gasteiger partial charge in [0.15, 0.2) is 0 Å². The van der Waals surface area contributed by atoms with Crippen LogP contribution in [0.1, 0.15) is 16.7 Å². The lowest BCUT2D eigenvalue weighted by atomic mass is 10.1. The number of nitrogens with one attached hydrogen (secondary N) is 2. The number of amides is 1. The zero-order valence-corrected chi connectivity index (χ0v) is 27.1. The first-order valence-electron chi connectivity index (χ1n) is 14.3. The van der Waals surface area contributed by atoms with Crippen LogP contribution >= 0.6 is 0 Å². The fraction of sp³-hybridized carbons (Fsp3) is 0.114. The minimum absolute atomic E-state index is 0.00883. The summed E-state index contributed by atoms with van der Waals surface area (Å²) in [5.41, 5.74) is 3.53. The summed E-state index contributed by atoms with van der Waals surface area (Å²) in [6.07, 6.45) is 0. The summed E-state index contributed by atoms with van der Waals surface area (Å²) in [5.74, 6) is 0.498. The van der Waals surface area contributed by atoms with Crippen LogP contribution < -0.4 is 19.1 Å². The topological polar surface area (TPSA) is 122 Å². The van der Waals surface area contributed by atoms with Gasteiger partial charge in [-0.05, 0) is 105 Å². The highest BCUT2D eigenvalue weighted by molar-refractivity contribution is 7.93. The van der Waals surface area contributed by atoms with Crippen molar-refractivity contribution in [2.75, 3.05) is 20.9 Å². The monoisotopic (exact) mass is 655 g/mol. The standard InChI is InChI=1S/C35H33N3O6S2/c1-25-12-20-33(21-13-25)46(42,43)38(29-16-18-31(19-17-29)44-30-10-5-4-6-11-30)24-34(39)36-28-14-22-32(23-15-28)45(40,41)37-35-26(2)8-7-9-27(35)3/h4-23,37H,24H2,1-3H3,(H,36,39). The van der Waals surface area contributed by atoms with Crippen LogP contribution in [0.3, 0.4) is 0 Å². The fourth-order valence-corrected chi connectivity index (χ4v) is 7.30. The number of rotatable bonds is 11. The van der Waals surface area contributed by atoms with Crippen LogP contribution in [0.2, 0.25) is 0 Å². The number of ether oxygens (including phenoxy) is 1. The molecule has 0 aliphatic carbocycles. The van der Waals surface area contributed by atoms with Crippen LogP contribution in [0.15, 0.2) is 131 Å². The van der Waals surface area contributed by atoms with Gasteiger partial charge in [0.05, 0.1) is 21.2 Å². The predicted molar refractivity (Wildman–Crippen MR) is 180 cm³/mol. The number of carbonyl (C=O) groups is 1. The summed E-state index contributed by atoms with van der Waals surface area (Å²) in [4.78, 5) is 13.3. The lowest BCUT2D eigenvalue weighted by molar-refractivity contribution is -0.114. The summed E-state index contributed by atoms with van der Waals surface area (Å²) in [7, 11) is -8.04. The van der Waals surface area contributed by atoms with E-state index in [1.165, 1.54) is 36.4 Å². The molecule has 5 rings (SSSR count). The van der Waals surface area contributed by atoms with Crippen LogP contribution in [0.5, 0.6) is 11.5 Å². The molecule has 9 nitrogen and oxygen atoms in total. The zero-order chi connectivity index (χ0) is 32.9. The average Bonchev–Trinajstić information content (AvgIpc) is 3.03. The van der Waals surface area contributed by atoms with E-state index >= 15 is 0 Å². The molecule has 0 radical (unpaired) electrons. The van der Waals surface area contributed by atoms with Crippen LogP contribution in [-0.2, 0) is 24.8 Å². The molecular formula is C35H33N3O6S2. The third-order valence-electron chi connectivity index (χ3n) is 7.17. The third kappa shape index (κ3) is 7.56. The van der Waals surface area contributed by atoms with E-state index in [4.69, 9.17) is 4.74 Å². The van der Waals surface area contributed by atoms with Gasteiger partial charge >= 0.3 is 0 Å². The molecule has 5 aromatic carbocycles. The van der Waals surface area contributed by atoms with E-state index in [0.717, 1.165) is 21.0 Å². The van der Waals surface area contributed by atoms with E-state index < -0.39 is 32.5 Å². The van der Waals surface area contributed by atoms with Crippen molar-refractivity contribution in [2.45, 2.75) is 30.6 Å². The van der Waals surface area contributed by atoms with Crippen LogP contribution in [-0.4, -0.2) is 29.3 Å². The van der Waals surface area contributed by atoms with E-state index in [9.17, 15) is 21.6 Å². The highest BCUT2D eigenvalue weighted by Crippen LogP contribution is 2.29. The Morgan fingerprint density at radius 3 is 1.83 bits per heavy atom. The number of hydrogen-bond donors (Lipinski definition) is 2. The molecule has 0 aliphatic heterocycles. The molecule has 5 aromatic rings. The van der Waals surface area contributed by atoms with Gasteiger partial charge in [-0.15, -0.1) is 0 Å². The van der Waals surface area contributed by atoms with Crippen LogP contribution in [0, 0.1) is 20.8 Å². The lowest BCUT2D eigenvalue weighted by Gasteiger charge is -2.24. The normalized spacial score (nSPS) is 11.5. The predicted octanol–water partition coefficient (Wildman–Crippen LogP) is 7.04. The van der Waals surface area contributed by atoms with Crippen LogP contribution in [0.4, 0.5) is 17.1 Å². The van der Waals surface area contributed by atoms with E-state index in [0.29, 0.717) is 22.9 Å². The number of para-hydroxylation sites is 2. The minimum Gasteiger partial charge on any atom is -0.457 e. The van der Waals surface area contributed by atoms with E-state index in [2.05, 4.69) is 10.0 Å². The quantitative estimate of drug-likeness (QED) is 0.157. The summed E-state index contributed by atoms with van der Waals surface area (Å²) >= 11 is 0. The highest BCUT2D eigenvalue weighted by atomic mass is 32.2. The molecule has 2 N–H and O–H groups in total. The maximum absolute atomic E-state index is 13.8. The molecule has 46 heavy (non-hydrogen) atoms. The minimum atomic E-state index is -4.15. The molecule has 11 heteroatoms. The van der Waals surface area contributed by atoms with Gasteiger partial charge < -0.3 is 10.1 Å². The summed E-state index contributed by atoms with van der Waals surface area (Å²) < 4.78 is 63.2. The number of sulfonamides is 2. The Kier molecular flexibility index (Phi) is 9.45. The largest absolute Gasteiger partial charge is 0.457 e. The van der Waals surface area contributed by atoms with Crippen molar-refractivity contribution in [2.24, 2.45) is 0 Å². The Bertz CT molecular complexity index is 2030.